The second-order valence-electron chi connectivity index (χ2n) is 8.73. The van der Waals surface area contributed by atoms with Gasteiger partial charge >= 0.3 is 0 Å². The zero-order chi connectivity index (χ0) is 23.8. The summed E-state index contributed by atoms with van der Waals surface area (Å²) < 4.78 is 0. The lowest BCUT2D eigenvalue weighted by Crippen LogP contribution is -2.42. The first-order valence-corrected chi connectivity index (χ1v) is 11.8. The minimum atomic E-state index is -0.520. The van der Waals surface area contributed by atoms with Gasteiger partial charge in [-0.3, -0.25) is 15.1 Å². The lowest BCUT2D eigenvalue weighted by Gasteiger charge is -2.42. The van der Waals surface area contributed by atoms with Crippen LogP contribution in [0, 0.1) is 12.3 Å². The van der Waals surface area contributed by atoms with Crippen molar-refractivity contribution >= 4 is 34.7 Å². The molecule has 3 aromatic rings. The summed E-state index contributed by atoms with van der Waals surface area (Å²) in [4.78, 5) is 15.2. The van der Waals surface area contributed by atoms with Crippen molar-refractivity contribution in [3.05, 3.63) is 117 Å². The fraction of sp³-hybridized carbons (Fsp3) is 0.172. The van der Waals surface area contributed by atoms with E-state index in [1.165, 1.54) is 0 Å². The molecule has 0 spiro atoms. The van der Waals surface area contributed by atoms with Gasteiger partial charge in [-0.2, -0.15) is 0 Å². The Morgan fingerprint density at radius 3 is 2.35 bits per heavy atom. The van der Waals surface area contributed by atoms with Crippen molar-refractivity contribution in [2.24, 2.45) is 0 Å². The SMILES string of the molecule is Cc1ccc(N2C(=N)/C(=C(/O)c3ccccc3)C(c3ccccc3)C3=C2CCCC3=O)cc1Cl. The van der Waals surface area contributed by atoms with Gasteiger partial charge in [0.1, 0.15) is 11.6 Å². The molecule has 1 atom stereocenters. The lowest BCUT2D eigenvalue weighted by molar-refractivity contribution is -0.116. The number of carbonyl (C=O) groups is 1. The molecule has 4 nitrogen and oxygen atoms in total. The van der Waals surface area contributed by atoms with E-state index in [0.717, 1.165) is 23.2 Å². The van der Waals surface area contributed by atoms with Crippen LogP contribution in [0.1, 0.15) is 41.9 Å². The highest BCUT2D eigenvalue weighted by atomic mass is 35.5. The topological polar surface area (TPSA) is 64.4 Å². The van der Waals surface area contributed by atoms with Crippen molar-refractivity contribution in [1.29, 1.82) is 5.41 Å². The van der Waals surface area contributed by atoms with Crippen LogP contribution in [0.3, 0.4) is 0 Å². The Kier molecular flexibility index (Phi) is 5.84. The Balaban J connectivity index is 1.83. The molecule has 1 heterocycles. The Morgan fingerprint density at radius 1 is 1.00 bits per heavy atom. The molecule has 1 aliphatic heterocycles. The number of rotatable bonds is 3. The van der Waals surface area contributed by atoms with Gasteiger partial charge in [0.05, 0.1) is 0 Å². The number of benzene rings is 3. The van der Waals surface area contributed by atoms with E-state index >= 15 is 0 Å². The average molecular weight is 469 g/mol. The van der Waals surface area contributed by atoms with E-state index in [4.69, 9.17) is 11.6 Å². The van der Waals surface area contributed by atoms with E-state index < -0.39 is 5.92 Å². The van der Waals surface area contributed by atoms with Gasteiger partial charge in [0.2, 0.25) is 0 Å². The van der Waals surface area contributed by atoms with Crippen LogP contribution in [0.15, 0.2) is 95.7 Å². The molecule has 0 fully saturated rings. The third-order valence-electron chi connectivity index (χ3n) is 6.60. The van der Waals surface area contributed by atoms with Crippen LogP contribution in [0.2, 0.25) is 5.02 Å². The zero-order valence-electron chi connectivity index (χ0n) is 18.9. The van der Waals surface area contributed by atoms with Crippen molar-refractivity contribution < 1.29 is 9.90 Å². The molecule has 2 N–H and O–H groups in total. The van der Waals surface area contributed by atoms with E-state index in [1.54, 1.807) is 4.90 Å². The molecule has 5 heteroatoms. The maximum atomic E-state index is 13.4. The normalized spacial score (nSPS) is 19.8. The third-order valence-corrected chi connectivity index (χ3v) is 7.01. The third kappa shape index (κ3) is 3.74. The number of aliphatic hydroxyl groups excluding tert-OH is 1. The molecule has 0 bridgehead atoms. The summed E-state index contributed by atoms with van der Waals surface area (Å²) in [5.41, 5.74) is 5.04. The van der Waals surface area contributed by atoms with E-state index in [1.807, 2.05) is 85.8 Å². The van der Waals surface area contributed by atoms with Crippen molar-refractivity contribution in [1.82, 2.24) is 0 Å². The number of hydrogen-bond donors (Lipinski definition) is 2. The fourth-order valence-corrected chi connectivity index (χ4v) is 5.10. The number of nitrogens with zero attached hydrogens (tertiary/aromatic N) is 1. The number of amidine groups is 1. The van der Waals surface area contributed by atoms with Crippen molar-refractivity contribution in [3.8, 4) is 0 Å². The summed E-state index contributed by atoms with van der Waals surface area (Å²) >= 11 is 6.46. The molecular formula is C29H25ClN2O2. The lowest BCUT2D eigenvalue weighted by atomic mass is 9.73. The second-order valence-corrected chi connectivity index (χ2v) is 9.13. The van der Waals surface area contributed by atoms with Crippen LogP contribution < -0.4 is 4.90 Å². The number of nitrogens with one attached hydrogen (secondary N) is 1. The first-order valence-electron chi connectivity index (χ1n) is 11.4. The average Bonchev–Trinajstić information content (AvgIpc) is 2.86. The van der Waals surface area contributed by atoms with E-state index in [0.29, 0.717) is 40.3 Å². The maximum Gasteiger partial charge on any atom is 0.161 e. The van der Waals surface area contributed by atoms with Crippen molar-refractivity contribution in [3.63, 3.8) is 0 Å². The van der Waals surface area contributed by atoms with Gasteiger partial charge in [-0.1, -0.05) is 78.3 Å². The Hall–Kier alpha value is -3.63. The first-order chi connectivity index (χ1) is 16.5. The summed E-state index contributed by atoms with van der Waals surface area (Å²) in [7, 11) is 0. The molecule has 170 valence electrons. The molecule has 34 heavy (non-hydrogen) atoms. The molecule has 0 amide bonds. The molecule has 5 rings (SSSR count). The number of anilines is 1. The highest BCUT2D eigenvalue weighted by molar-refractivity contribution is 6.32. The quantitative estimate of drug-likeness (QED) is 0.399. The predicted molar refractivity (Wildman–Crippen MR) is 137 cm³/mol. The molecule has 2 aliphatic rings. The first kappa shape index (κ1) is 22.2. The van der Waals surface area contributed by atoms with Crippen LogP contribution in [0.5, 0.6) is 0 Å². The summed E-state index contributed by atoms with van der Waals surface area (Å²) in [6, 6.07) is 24.6. The molecule has 0 saturated carbocycles. The number of hydrogen-bond acceptors (Lipinski definition) is 3. The van der Waals surface area contributed by atoms with Gasteiger partial charge in [0, 0.05) is 45.5 Å². The fourth-order valence-electron chi connectivity index (χ4n) is 4.93. The van der Waals surface area contributed by atoms with Gasteiger partial charge in [0.25, 0.3) is 0 Å². The highest BCUT2D eigenvalue weighted by Gasteiger charge is 2.43. The summed E-state index contributed by atoms with van der Waals surface area (Å²) in [6.07, 6.45) is 1.86. The van der Waals surface area contributed by atoms with Gasteiger partial charge in [-0.15, -0.1) is 0 Å². The minimum absolute atomic E-state index is 0.00702. The highest BCUT2D eigenvalue weighted by Crippen LogP contribution is 2.48. The molecule has 1 unspecified atom stereocenters. The largest absolute Gasteiger partial charge is 0.507 e. The molecule has 0 radical (unpaired) electrons. The van der Waals surface area contributed by atoms with E-state index in [2.05, 4.69) is 0 Å². The van der Waals surface area contributed by atoms with Crippen LogP contribution >= 0.6 is 11.6 Å². The van der Waals surface area contributed by atoms with Gasteiger partial charge < -0.3 is 5.11 Å². The van der Waals surface area contributed by atoms with E-state index in [9.17, 15) is 15.3 Å². The van der Waals surface area contributed by atoms with Crippen LogP contribution in [0.4, 0.5) is 5.69 Å². The van der Waals surface area contributed by atoms with E-state index in [-0.39, 0.29) is 17.4 Å². The smallest absolute Gasteiger partial charge is 0.161 e. The molecule has 0 aromatic heterocycles. The van der Waals surface area contributed by atoms with Crippen LogP contribution in [0.25, 0.3) is 5.76 Å². The maximum absolute atomic E-state index is 13.4. The van der Waals surface area contributed by atoms with Crippen LogP contribution in [-0.2, 0) is 4.79 Å². The summed E-state index contributed by atoms with van der Waals surface area (Å²) in [5.74, 6) is -0.297. The standard InChI is InChI=1S/C29H25ClN2O2/c1-18-15-16-21(17-22(18)30)32-23-13-8-14-24(33)26(23)25(19-9-4-2-5-10-19)27(29(32)31)28(34)20-11-6-3-7-12-20/h2-7,9-12,15-17,25,31,34H,8,13-14H2,1H3/b28-27+,31-29?. The Bertz CT molecular complexity index is 1340. The van der Waals surface area contributed by atoms with Crippen molar-refractivity contribution in [2.75, 3.05) is 4.90 Å². The predicted octanol–water partition coefficient (Wildman–Crippen LogP) is 7.21. The number of Topliss-reactive ketones (excluding diaryl/α,β-unsaturated/α-hetero) is 1. The van der Waals surface area contributed by atoms with Gasteiger partial charge in [0.15, 0.2) is 5.78 Å². The number of aliphatic hydroxyl groups is 1. The number of carbonyl (C=O) groups excluding carboxylic acids is 1. The molecule has 3 aromatic carbocycles. The zero-order valence-corrected chi connectivity index (χ0v) is 19.6. The summed E-state index contributed by atoms with van der Waals surface area (Å²) in [5, 5.41) is 21.5. The van der Waals surface area contributed by atoms with Gasteiger partial charge in [-0.25, -0.2) is 0 Å². The Labute approximate surface area is 204 Å². The minimum Gasteiger partial charge on any atom is -0.507 e. The molecule has 1 aliphatic carbocycles. The second kappa shape index (κ2) is 8.96. The number of allylic oxidation sites excluding steroid dienone is 2. The monoisotopic (exact) mass is 468 g/mol. The summed E-state index contributed by atoms with van der Waals surface area (Å²) in [6.45, 7) is 1.93. The Morgan fingerprint density at radius 2 is 1.68 bits per heavy atom. The van der Waals surface area contributed by atoms with Crippen LogP contribution in [-0.4, -0.2) is 16.7 Å². The number of ketones is 1. The van der Waals surface area contributed by atoms with Crippen molar-refractivity contribution in [2.45, 2.75) is 32.1 Å². The number of aryl methyl sites for hydroxylation is 1. The number of halogens is 1. The molecular weight excluding hydrogens is 444 g/mol. The van der Waals surface area contributed by atoms with Gasteiger partial charge in [-0.05, 0) is 43.0 Å². The molecule has 0 saturated heterocycles.